The van der Waals surface area contributed by atoms with Gasteiger partial charge in [-0.3, -0.25) is 10.2 Å². The van der Waals surface area contributed by atoms with Gasteiger partial charge in [-0.25, -0.2) is 5.01 Å². The number of carbonyl (C=O) groups is 1. The van der Waals surface area contributed by atoms with E-state index in [0.29, 0.717) is 10.7 Å². The summed E-state index contributed by atoms with van der Waals surface area (Å²) in [5.41, 5.74) is 9.74. The van der Waals surface area contributed by atoms with Crippen molar-refractivity contribution < 1.29 is 9.90 Å². The summed E-state index contributed by atoms with van der Waals surface area (Å²) >= 11 is 10.8. The number of nitrogens with one attached hydrogen (secondary N) is 1. The normalized spacial score (nSPS) is 10.1. The minimum absolute atomic E-state index is 0.0391. The molecule has 5 nitrogen and oxygen atoms in total. The number of hydrazine groups is 1. The molecule has 114 valence electrons. The van der Waals surface area contributed by atoms with Crippen LogP contribution in [0.3, 0.4) is 0 Å². The maximum atomic E-state index is 12.3. The second-order valence-corrected chi connectivity index (χ2v) is 5.47. The molecule has 0 fully saturated rings. The van der Waals surface area contributed by atoms with Gasteiger partial charge in [0.2, 0.25) is 0 Å². The molecule has 2 aromatic rings. The van der Waals surface area contributed by atoms with Crippen LogP contribution in [-0.2, 0) is 0 Å². The quantitative estimate of drug-likeness (QED) is 0.581. The molecule has 0 aliphatic heterocycles. The average molecular weight is 336 g/mol. The zero-order chi connectivity index (χ0) is 16.3. The van der Waals surface area contributed by atoms with Crippen molar-refractivity contribution in [1.82, 2.24) is 5.43 Å². The van der Waals surface area contributed by atoms with Crippen molar-refractivity contribution >= 4 is 40.5 Å². The van der Waals surface area contributed by atoms with Gasteiger partial charge >= 0.3 is 0 Å². The minimum Gasteiger partial charge on any atom is -0.507 e. The number of benzene rings is 2. The topological polar surface area (TPSA) is 78.6 Å². The summed E-state index contributed by atoms with van der Waals surface area (Å²) in [4.78, 5) is 12.3. The van der Waals surface area contributed by atoms with E-state index in [9.17, 15) is 9.90 Å². The Kier molecular flexibility index (Phi) is 4.85. The van der Waals surface area contributed by atoms with Gasteiger partial charge in [-0.15, -0.1) is 0 Å². The number of amides is 1. The molecule has 2 aromatic carbocycles. The Hall–Kier alpha value is -2.31. The largest absolute Gasteiger partial charge is 0.507 e. The molecule has 0 saturated heterocycles. The standard InChI is InChI=1S/C15H14ClN3O2S/c1-9-2-7-13(20)12(8-9)14(21)18-19(15(17)22)11-5-3-10(16)4-6-11/h2-8,20H,1H3,(H2,17,22)(H,18,21). The zero-order valence-electron chi connectivity index (χ0n) is 11.7. The fourth-order valence-corrected chi connectivity index (χ4v) is 2.11. The van der Waals surface area contributed by atoms with Gasteiger partial charge in [-0.05, 0) is 55.5 Å². The van der Waals surface area contributed by atoms with E-state index < -0.39 is 5.91 Å². The van der Waals surface area contributed by atoms with Gasteiger partial charge in [-0.2, -0.15) is 0 Å². The number of anilines is 1. The lowest BCUT2D eigenvalue weighted by Crippen LogP contribution is -2.49. The Morgan fingerprint density at radius 1 is 1.27 bits per heavy atom. The molecule has 4 N–H and O–H groups in total. The van der Waals surface area contributed by atoms with Crippen molar-refractivity contribution in [3.05, 3.63) is 58.6 Å². The molecule has 0 heterocycles. The third-order valence-electron chi connectivity index (χ3n) is 2.92. The third kappa shape index (κ3) is 3.66. The number of nitrogens with two attached hydrogens (primary N) is 1. The van der Waals surface area contributed by atoms with E-state index in [2.05, 4.69) is 5.43 Å². The number of nitrogens with zero attached hydrogens (tertiary/aromatic N) is 1. The second-order valence-electron chi connectivity index (χ2n) is 4.61. The number of halogens is 1. The van der Waals surface area contributed by atoms with Crippen molar-refractivity contribution in [2.24, 2.45) is 5.73 Å². The van der Waals surface area contributed by atoms with Crippen LogP contribution in [0.2, 0.25) is 5.02 Å². The van der Waals surface area contributed by atoms with Crippen molar-refractivity contribution in [3.63, 3.8) is 0 Å². The molecule has 0 atom stereocenters. The van der Waals surface area contributed by atoms with Gasteiger partial charge in [0.15, 0.2) is 5.11 Å². The summed E-state index contributed by atoms with van der Waals surface area (Å²) in [5, 5.41) is 11.6. The lowest BCUT2D eigenvalue weighted by molar-refractivity contribution is 0.0952. The molecule has 0 unspecified atom stereocenters. The average Bonchev–Trinajstić information content (AvgIpc) is 2.48. The SMILES string of the molecule is Cc1ccc(O)c(C(=O)NN(C(N)=S)c2ccc(Cl)cc2)c1. The Morgan fingerprint density at radius 2 is 1.91 bits per heavy atom. The van der Waals surface area contributed by atoms with E-state index in [1.54, 1.807) is 36.4 Å². The van der Waals surface area contributed by atoms with E-state index in [-0.39, 0.29) is 16.4 Å². The highest BCUT2D eigenvalue weighted by Gasteiger charge is 2.17. The van der Waals surface area contributed by atoms with Gasteiger partial charge in [0.1, 0.15) is 5.75 Å². The molecule has 7 heteroatoms. The maximum absolute atomic E-state index is 12.3. The summed E-state index contributed by atoms with van der Waals surface area (Å²) in [6.07, 6.45) is 0. The van der Waals surface area contributed by atoms with Crippen LogP contribution in [0.15, 0.2) is 42.5 Å². The first-order valence-corrected chi connectivity index (χ1v) is 7.13. The highest BCUT2D eigenvalue weighted by Crippen LogP contribution is 2.20. The molecule has 1 amide bonds. The maximum Gasteiger partial charge on any atom is 0.273 e. The van der Waals surface area contributed by atoms with Crippen LogP contribution < -0.4 is 16.2 Å². The van der Waals surface area contributed by atoms with E-state index in [0.717, 1.165) is 5.56 Å². The van der Waals surface area contributed by atoms with Gasteiger partial charge in [0, 0.05) is 5.02 Å². The first-order valence-electron chi connectivity index (χ1n) is 6.34. The molecule has 0 bridgehead atoms. The predicted molar refractivity (Wildman–Crippen MR) is 91.0 cm³/mol. The van der Waals surface area contributed by atoms with Crippen LogP contribution in [0, 0.1) is 6.92 Å². The number of thiocarbonyl (C=S) groups is 1. The number of rotatable bonds is 2. The molecule has 0 aromatic heterocycles. The first kappa shape index (κ1) is 16.1. The highest BCUT2D eigenvalue weighted by molar-refractivity contribution is 7.80. The lowest BCUT2D eigenvalue weighted by atomic mass is 10.1. The van der Waals surface area contributed by atoms with Crippen LogP contribution in [0.4, 0.5) is 5.69 Å². The summed E-state index contributed by atoms with van der Waals surface area (Å²) in [6, 6.07) is 11.4. The van der Waals surface area contributed by atoms with Gasteiger partial charge in [0.05, 0.1) is 11.3 Å². The molecular formula is C15H14ClN3O2S. The van der Waals surface area contributed by atoms with Crippen LogP contribution in [0.25, 0.3) is 0 Å². The Balaban J connectivity index is 2.28. The van der Waals surface area contributed by atoms with E-state index in [4.69, 9.17) is 29.6 Å². The molecule has 2 rings (SSSR count). The van der Waals surface area contributed by atoms with Gasteiger partial charge < -0.3 is 10.8 Å². The molecular weight excluding hydrogens is 322 g/mol. The summed E-state index contributed by atoms with van der Waals surface area (Å²) in [5.74, 6) is -0.647. The molecule has 0 saturated carbocycles. The fourth-order valence-electron chi connectivity index (χ4n) is 1.83. The minimum atomic E-state index is -0.524. The van der Waals surface area contributed by atoms with Crippen molar-refractivity contribution in [2.45, 2.75) is 6.92 Å². The number of phenols is 1. The van der Waals surface area contributed by atoms with E-state index >= 15 is 0 Å². The smallest absolute Gasteiger partial charge is 0.273 e. The fraction of sp³-hybridized carbons (Fsp3) is 0.0667. The molecule has 0 radical (unpaired) electrons. The van der Waals surface area contributed by atoms with Crippen molar-refractivity contribution in [1.29, 1.82) is 0 Å². The van der Waals surface area contributed by atoms with E-state index in [1.165, 1.54) is 11.1 Å². The van der Waals surface area contributed by atoms with E-state index in [1.807, 2.05) is 6.92 Å². The Labute approximate surface area is 138 Å². The third-order valence-corrected chi connectivity index (χ3v) is 3.35. The first-order chi connectivity index (χ1) is 10.4. The predicted octanol–water partition coefficient (Wildman–Crippen LogP) is 2.75. The summed E-state index contributed by atoms with van der Waals surface area (Å²) in [6.45, 7) is 1.82. The highest BCUT2D eigenvalue weighted by atomic mass is 35.5. The molecule has 0 aliphatic rings. The van der Waals surface area contributed by atoms with Crippen LogP contribution in [0.5, 0.6) is 5.75 Å². The van der Waals surface area contributed by atoms with Gasteiger partial charge in [-0.1, -0.05) is 23.2 Å². The van der Waals surface area contributed by atoms with Crippen LogP contribution >= 0.6 is 23.8 Å². The Morgan fingerprint density at radius 3 is 2.50 bits per heavy atom. The number of aromatic hydroxyl groups is 1. The van der Waals surface area contributed by atoms with Crippen LogP contribution in [0.1, 0.15) is 15.9 Å². The summed E-state index contributed by atoms with van der Waals surface area (Å²) < 4.78 is 0. The number of hydrogen-bond acceptors (Lipinski definition) is 3. The number of phenolic OH excluding ortho intramolecular Hbond substituents is 1. The Bertz CT molecular complexity index is 719. The molecule has 22 heavy (non-hydrogen) atoms. The number of aryl methyl sites for hydroxylation is 1. The monoisotopic (exact) mass is 335 g/mol. The second kappa shape index (κ2) is 6.64. The zero-order valence-corrected chi connectivity index (χ0v) is 13.3. The summed E-state index contributed by atoms with van der Waals surface area (Å²) in [7, 11) is 0. The number of carbonyl (C=O) groups excluding carboxylic acids is 1. The lowest BCUT2D eigenvalue weighted by Gasteiger charge is -2.23. The molecule has 0 spiro atoms. The van der Waals surface area contributed by atoms with Crippen molar-refractivity contribution in [3.8, 4) is 5.75 Å². The van der Waals surface area contributed by atoms with Crippen molar-refractivity contribution in [2.75, 3.05) is 5.01 Å². The van der Waals surface area contributed by atoms with Gasteiger partial charge in [0.25, 0.3) is 5.91 Å². The number of hydrogen-bond donors (Lipinski definition) is 3. The molecule has 0 aliphatic carbocycles. The van der Waals surface area contributed by atoms with Crippen LogP contribution in [-0.4, -0.2) is 16.1 Å².